The van der Waals surface area contributed by atoms with Crippen molar-refractivity contribution in [2.24, 2.45) is 0 Å². The van der Waals surface area contributed by atoms with Crippen LogP contribution in [0.15, 0.2) is 48.8 Å². The van der Waals surface area contributed by atoms with Gasteiger partial charge in [0.25, 0.3) is 5.91 Å². The molecule has 5 nitrogen and oxygen atoms in total. The van der Waals surface area contributed by atoms with Crippen LogP contribution in [0.25, 0.3) is 0 Å². The Morgan fingerprint density at radius 1 is 1.14 bits per heavy atom. The molecule has 1 aliphatic rings. The van der Waals surface area contributed by atoms with Crippen molar-refractivity contribution in [1.82, 2.24) is 10.3 Å². The van der Waals surface area contributed by atoms with Crippen molar-refractivity contribution in [3.63, 3.8) is 0 Å². The highest BCUT2D eigenvalue weighted by molar-refractivity contribution is 6.22. The highest BCUT2D eigenvalue weighted by atomic mass is 19.1. The van der Waals surface area contributed by atoms with Gasteiger partial charge < -0.3 is 5.32 Å². The van der Waals surface area contributed by atoms with Crippen molar-refractivity contribution < 1.29 is 14.0 Å². The molecule has 0 spiro atoms. The van der Waals surface area contributed by atoms with Crippen LogP contribution in [0.3, 0.4) is 0 Å². The molecule has 1 N–H and O–H groups in total. The molecule has 1 aromatic carbocycles. The van der Waals surface area contributed by atoms with E-state index in [0.29, 0.717) is 12.2 Å². The Bertz CT molecular complexity index is 688. The Labute approximate surface area is 126 Å². The third-order valence-corrected chi connectivity index (χ3v) is 3.53. The highest BCUT2D eigenvalue weighted by Crippen LogP contribution is 2.23. The summed E-state index contributed by atoms with van der Waals surface area (Å²) < 4.78 is 12.9. The Kier molecular flexibility index (Phi) is 3.93. The van der Waals surface area contributed by atoms with Crippen LogP contribution in [0.4, 0.5) is 10.1 Å². The molecular formula is C16H14FN3O2. The number of nitrogens with one attached hydrogen (secondary N) is 1. The van der Waals surface area contributed by atoms with Gasteiger partial charge in [-0.25, -0.2) is 9.29 Å². The average molecular weight is 299 g/mol. The second kappa shape index (κ2) is 6.03. The van der Waals surface area contributed by atoms with Crippen LogP contribution >= 0.6 is 0 Å². The predicted octanol–water partition coefficient (Wildman–Crippen LogP) is 1.64. The second-order valence-corrected chi connectivity index (χ2v) is 5.04. The lowest BCUT2D eigenvalue weighted by atomic mass is 10.2. The minimum absolute atomic E-state index is 0.0985. The fourth-order valence-electron chi connectivity index (χ4n) is 2.39. The number of hydrogen-bond acceptors (Lipinski definition) is 4. The Morgan fingerprint density at radius 2 is 1.82 bits per heavy atom. The number of nitrogens with zero attached hydrogens (tertiary/aromatic N) is 2. The van der Waals surface area contributed by atoms with Gasteiger partial charge in [-0.3, -0.25) is 14.6 Å². The molecule has 0 unspecified atom stereocenters. The number of imide groups is 1. The number of anilines is 1. The smallest absolute Gasteiger partial charge is 0.251 e. The minimum atomic E-state index is -0.564. The maximum atomic E-state index is 12.9. The topological polar surface area (TPSA) is 62.3 Å². The van der Waals surface area contributed by atoms with Crippen LogP contribution in [0.1, 0.15) is 12.0 Å². The van der Waals surface area contributed by atoms with Gasteiger partial charge in [0.1, 0.15) is 5.82 Å². The number of benzene rings is 1. The second-order valence-electron chi connectivity index (χ2n) is 5.04. The summed E-state index contributed by atoms with van der Waals surface area (Å²) in [5.41, 5.74) is 1.38. The molecule has 1 atom stereocenters. The van der Waals surface area contributed by atoms with Gasteiger partial charge in [-0.15, -0.1) is 0 Å². The van der Waals surface area contributed by atoms with Gasteiger partial charge in [-0.05, 0) is 42.0 Å². The van der Waals surface area contributed by atoms with Crippen LogP contribution in [0, 0.1) is 5.82 Å². The SMILES string of the molecule is O=C1C[C@@H](NCc2ccncc2)C(=O)N1c1ccc(F)cc1. The molecule has 1 aliphatic heterocycles. The van der Waals surface area contributed by atoms with Gasteiger partial charge >= 0.3 is 0 Å². The standard InChI is InChI=1S/C16H14FN3O2/c17-12-1-3-13(4-2-12)20-15(21)9-14(16(20)22)19-10-11-5-7-18-8-6-11/h1-8,14,19H,9-10H2/t14-/m1/s1. The summed E-state index contributed by atoms with van der Waals surface area (Å²) in [7, 11) is 0. The molecule has 1 saturated heterocycles. The zero-order valence-corrected chi connectivity index (χ0v) is 11.7. The van der Waals surface area contributed by atoms with E-state index in [1.807, 2.05) is 12.1 Å². The van der Waals surface area contributed by atoms with Crippen LogP contribution in [0.2, 0.25) is 0 Å². The fourth-order valence-corrected chi connectivity index (χ4v) is 2.39. The number of aromatic nitrogens is 1. The predicted molar refractivity (Wildman–Crippen MR) is 78.4 cm³/mol. The van der Waals surface area contributed by atoms with Crippen molar-refractivity contribution in [2.45, 2.75) is 19.0 Å². The fraction of sp³-hybridized carbons (Fsp3) is 0.188. The van der Waals surface area contributed by atoms with E-state index >= 15 is 0 Å². The first kappa shape index (κ1) is 14.3. The molecule has 0 bridgehead atoms. The van der Waals surface area contributed by atoms with E-state index < -0.39 is 11.9 Å². The number of halogens is 1. The molecule has 0 aliphatic carbocycles. The molecule has 3 rings (SSSR count). The summed E-state index contributed by atoms with van der Waals surface area (Å²) in [6.45, 7) is 0.476. The number of rotatable bonds is 4. The highest BCUT2D eigenvalue weighted by Gasteiger charge is 2.39. The average Bonchev–Trinajstić information content (AvgIpc) is 2.82. The molecule has 1 fully saturated rings. The van der Waals surface area contributed by atoms with Gasteiger partial charge in [0, 0.05) is 18.9 Å². The van der Waals surface area contributed by atoms with E-state index in [1.54, 1.807) is 12.4 Å². The third kappa shape index (κ3) is 2.87. The Morgan fingerprint density at radius 3 is 2.50 bits per heavy atom. The minimum Gasteiger partial charge on any atom is -0.301 e. The molecule has 0 radical (unpaired) electrons. The van der Waals surface area contributed by atoms with Crippen LogP contribution < -0.4 is 10.2 Å². The molecule has 2 amide bonds. The molecule has 2 aromatic rings. The van der Waals surface area contributed by atoms with Gasteiger partial charge in [0.15, 0.2) is 0 Å². The van der Waals surface area contributed by atoms with Crippen LogP contribution in [-0.2, 0) is 16.1 Å². The lowest BCUT2D eigenvalue weighted by Gasteiger charge is -2.15. The lowest BCUT2D eigenvalue weighted by Crippen LogP contribution is -2.38. The number of carbonyl (C=O) groups is 2. The van der Waals surface area contributed by atoms with Gasteiger partial charge in [-0.2, -0.15) is 0 Å². The van der Waals surface area contributed by atoms with Crippen molar-refractivity contribution in [3.05, 3.63) is 60.2 Å². The van der Waals surface area contributed by atoms with E-state index in [2.05, 4.69) is 10.3 Å². The van der Waals surface area contributed by atoms with E-state index in [9.17, 15) is 14.0 Å². The van der Waals surface area contributed by atoms with Crippen LogP contribution in [-0.4, -0.2) is 22.8 Å². The molecule has 22 heavy (non-hydrogen) atoms. The zero-order chi connectivity index (χ0) is 15.5. The Hall–Kier alpha value is -2.60. The number of pyridine rings is 1. The van der Waals surface area contributed by atoms with Crippen LogP contribution in [0.5, 0.6) is 0 Å². The first-order chi connectivity index (χ1) is 10.6. The zero-order valence-electron chi connectivity index (χ0n) is 11.7. The molecule has 6 heteroatoms. The summed E-state index contributed by atoms with van der Waals surface area (Å²) >= 11 is 0. The third-order valence-electron chi connectivity index (χ3n) is 3.53. The molecular weight excluding hydrogens is 285 g/mol. The number of amides is 2. The first-order valence-electron chi connectivity index (χ1n) is 6.90. The summed E-state index contributed by atoms with van der Waals surface area (Å²) in [6.07, 6.45) is 3.44. The molecule has 1 aromatic heterocycles. The van der Waals surface area contributed by atoms with Crippen molar-refractivity contribution in [2.75, 3.05) is 4.90 Å². The molecule has 0 saturated carbocycles. The quantitative estimate of drug-likeness (QED) is 0.872. The lowest BCUT2D eigenvalue weighted by molar-refractivity contribution is -0.121. The number of hydrogen-bond donors (Lipinski definition) is 1. The summed E-state index contributed by atoms with van der Waals surface area (Å²) in [6, 6.07) is 8.43. The summed E-state index contributed by atoms with van der Waals surface area (Å²) in [5, 5.41) is 3.08. The monoisotopic (exact) mass is 299 g/mol. The maximum Gasteiger partial charge on any atom is 0.251 e. The Balaban J connectivity index is 1.70. The van der Waals surface area contributed by atoms with E-state index in [1.165, 1.54) is 24.3 Å². The number of carbonyl (C=O) groups excluding carboxylic acids is 2. The molecule has 2 heterocycles. The largest absolute Gasteiger partial charge is 0.301 e. The normalized spacial score (nSPS) is 18.0. The summed E-state index contributed by atoms with van der Waals surface area (Å²) in [5.74, 6) is -1.01. The van der Waals surface area contributed by atoms with Crippen molar-refractivity contribution in [1.29, 1.82) is 0 Å². The first-order valence-corrected chi connectivity index (χ1v) is 6.90. The van der Waals surface area contributed by atoms with Crippen molar-refractivity contribution >= 4 is 17.5 Å². The summed E-state index contributed by atoms with van der Waals surface area (Å²) in [4.78, 5) is 29.4. The van der Waals surface area contributed by atoms with Gasteiger partial charge in [0.2, 0.25) is 5.91 Å². The molecule has 112 valence electrons. The van der Waals surface area contributed by atoms with Gasteiger partial charge in [-0.1, -0.05) is 0 Å². The van der Waals surface area contributed by atoms with E-state index in [0.717, 1.165) is 10.5 Å². The maximum absolute atomic E-state index is 12.9. The van der Waals surface area contributed by atoms with Gasteiger partial charge in [0.05, 0.1) is 18.2 Å². The van der Waals surface area contributed by atoms with E-state index in [4.69, 9.17) is 0 Å². The van der Waals surface area contributed by atoms with Crippen molar-refractivity contribution in [3.8, 4) is 0 Å². The van der Waals surface area contributed by atoms with E-state index in [-0.39, 0.29) is 18.2 Å².